The number of benzene rings is 1. The van der Waals surface area contributed by atoms with Crippen LogP contribution in [0.5, 0.6) is 5.75 Å². The molecule has 1 aromatic carbocycles. The Labute approximate surface area is 85.3 Å². The number of hydrogen-bond donors (Lipinski definition) is 1. The van der Waals surface area contributed by atoms with E-state index in [-0.39, 0.29) is 12.4 Å². The summed E-state index contributed by atoms with van der Waals surface area (Å²) in [5, 5.41) is 19.2. The van der Waals surface area contributed by atoms with E-state index < -0.39 is 22.5 Å². The van der Waals surface area contributed by atoms with Crippen LogP contribution in [0.2, 0.25) is 0 Å². The molecule has 0 heterocycles. The molecule has 0 radical (unpaired) electrons. The maximum atomic E-state index is 13.0. The second-order valence-electron chi connectivity index (χ2n) is 3.03. The highest BCUT2D eigenvalue weighted by molar-refractivity contribution is 5.37. The van der Waals surface area contributed by atoms with Crippen LogP contribution in [0.3, 0.4) is 0 Å². The van der Waals surface area contributed by atoms with Gasteiger partial charge in [0.15, 0.2) is 0 Å². The number of rotatable bonds is 4. The van der Waals surface area contributed by atoms with Crippen LogP contribution < -0.4 is 4.74 Å². The van der Waals surface area contributed by atoms with Crippen LogP contribution in [0.4, 0.5) is 10.1 Å². The summed E-state index contributed by atoms with van der Waals surface area (Å²) >= 11 is 0. The molecule has 1 rings (SSSR count). The van der Waals surface area contributed by atoms with Gasteiger partial charge in [-0.1, -0.05) is 0 Å². The van der Waals surface area contributed by atoms with Crippen LogP contribution in [0.25, 0.3) is 0 Å². The van der Waals surface area contributed by atoms with Crippen molar-refractivity contribution in [1.82, 2.24) is 0 Å². The van der Waals surface area contributed by atoms with E-state index in [9.17, 15) is 14.5 Å². The molecule has 0 spiro atoms. The van der Waals surface area contributed by atoms with Gasteiger partial charge in [-0.05, 0) is 13.0 Å². The molecule has 5 nitrogen and oxygen atoms in total. The zero-order valence-electron chi connectivity index (χ0n) is 8.01. The maximum Gasteiger partial charge on any atom is 0.305 e. The molecule has 0 fully saturated rings. The summed E-state index contributed by atoms with van der Waals surface area (Å²) < 4.78 is 18.0. The number of halogens is 1. The van der Waals surface area contributed by atoms with Crippen molar-refractivity contribution in [2.24, 2.45) is 0 Å². The minimum absolute atomic E-state index is 0.0112. The van der Waals surface area contributed by atoms with Gasteiger partial charge in [-0.25, -0.2) is 0 Å². The SMILES string of the molecule is CC(O)COc1ccc([N+](=O)[O-])c(F)c1. The van der Waals surface area contributed by atoms with Crippen LogP contribution in [0.15, 0.2) is 18.2 Å². The largest absolute Gasteiger partial charge is 0.491 e. The molecular formula is C9H10FNO4. The highest BCUT2D eigenvalue weighted by atomic mass is 19.1. The van der Waals surface area contributed by atoms with E-state index in [1.165, 1.54) is 13.0 Å². The van der Waals surface area contributed by atoms with Crippen molar-refractivity contribution >= 4 is 5.69 Å². The standard InChI is InChI=1S/C9H10FNO4/c1-6(12)5-15-7-2-3-9(11(13)14)8(10)4-7/h2-4,6,12H,5H2,1H3. The number of nitro benzene ring substituents is 1. The molecule has 0 aromatic heterocycles. The van der Waals surface area contributed by atoms with Crippen molar-refractivity contribution in [3.63, 3.8) is 0 Å². The van der Waals surface area contributed by atoms with Gasteiger partial charge in [-0.3, -0.25) is 10.1 Å². The lowest BCUT2D eigenvalue weighted by atomic mass is 10.3. The van der Waals surface area contributed by atoms with Crippen LogP contribution in [0.1, 0.15) is 6.92 Å². The number of hydrogen-bond acceptors (Lipinski definition) is 4. The fraction of sp³-hybridized carbons (Fsp3) is 0.333. The summed E-state index contributed by atoms with van der Waals surface area (Å²) in [7, 11) is 0. The number of nitrogens with zero attached hydrogens (tertiary/aromatic N) is 1. The Morgan fingerprint density at radius 3 is 2.80 bits per heavy atom. The summed E-state index contributed by atoms with van der Waals surface area (Å²) in [5.74, 6) is -0.804. The molecule has 0 saturated heterocycles. The quantitative estimate of drug-likeness (QED) is 0.610. The third-order valence-electron chi connectivity index (χ3n) is 1.61. The van der Waals surface area contributed by atoms with Crippen molar-refractivity contribution < 1.29 is 19.2 Å². The monoisotopic (exact) mass is 215 g/mol. The van der Waals surface area contributed by atoms with E-state index in [1.54, 1.807) is 0 Å². The lowest BCUT2D eigenvalue weighted by Gasteiger charge is -2.07. The maximum absolute atomic E-state index is 13.0. The van der Waals surface area contributed by atoms with E-state index in [2.05, 4.69) is 0 Å². The first kappa shape index (κ1) is 11.4. The highest BCUT2D eigenvalue weighted by Gasteiger charge is 2.14. The van der Waals surface area contributed by atoms with Crippen molar-refractivity contribution in [2.45, 2.75) is 13.0 Å². The van der Waals surface area contributed by atoms with Crippen molar-refractivity contribution in [1.29, 1.82) is 0 Å². The fourth-order valence-corrected chi connectivity index (χ4v) is 0.942. The Hall–Kier alpha value is -1.69. The number of aliphatic hydroxyl groups is 1. The van der Waals surface area contributed by atoms with E-state index in [1.807, 2.05) is 0 Å². The molecule has 0 amide bonds. The van der Waals surface area contributed by atoms with Crippen molar-refractivity contribution in [3.8, 4) is 5.75 Å². The fourth-order valence-electron chi connectivity index (χ4n) is 0.942. The molecule has 0 bridgehead atoms. The molecule has 6 heteroatoms. The first-order valence-corrected chi connectivity index (χ1v) is 4.25. The Bertz CT molecular complexity index is 367. The van der Waals surface area contributed by atoms with Gasteiger partial charge >= 0.3 is 5.69 Å². The molecule has 1 unspecified atom stereocenters. The van der Waals surface area contributed by atoms with Crippen LogP contribution in [-0.4, -0.2) is 22.7 Å². The average molecular weight is 215 g/mol. The molecule has 0 saturated carbocycles. The third kappa shape index (κ3) is 3.17. The molecule has 1 N–H and O–H groups in total. The number of aliphatic hydroxyl groups excluding tert-OH is 1. The smallest absolute Gasteiger partial charge is 0.305 e. The second kappa shape index (κ2) is 4.70. The number of nitro groups is 1. The molecule has 0 aliphatic heterocycles. The van der Waals surface area contributed by atoms with Crippen LogP contribution >= 0.6 is 0 Å². The van der Waals surface area contributed by atoms with Gasteiger partial charge in [0.25, 0.3) is 0 Å². The molecule has 0 aliphatic carbocycles. The molecule has 0 aliphatic rings. The second-order valence-corrected chi connectivity index (χ2v) is 3.03. The number of ether oxygens (including phenoxy) is 1. The van der Waals surface area contributed by atoms with Gasteiger partial charge in [-0.2, -0.15) is 4.39 Å². The highest BCUT2D eigenvalue weighted by Crippen LogP contribution is 2.22. The minimum Gasteiger partial charge on any atom is -0.491 e. The van der Waals surface area contributed by atoms with E-state index >= 15 is 0 Å². The summed E-state index contributed by atoms with van der Waals surface area (Å²) in [6.45, 7) is 1.53. The van der Waals surface area contributed by atoms with Crippen LogP contribution in [-0.2, 0) is 0 Å². The van der Waals surface area contributed by atoms with E-state index in [4.69, 9.17) is 9.84 Å². The van der Waals surface area contributed by atoms with E-state index in [0.29, 0.717) is 0 Å². The van der Waals surface area contributed by atoms with Crippen LogP contribution in [0, 0.1) is 15.9 Å². The van der Waals surface area contributed by atoms with Gasteiger partial charge < -0.3 is 9.84 Å². The lowest BCUT2D eigenvalue weighted by molar-refractivity contribution is -0.387. The van der Waals surface area contributed by atoms with Gasteiger partial charge in [0.2, 0.25) is 5.82 Å². The molecule has 1 atom stereocenters. The normalized spacial score (nSPS) is 12.2. The predicted octanol–water partition coefficient (Wildman–Crippen LogP) is 1.49. The molecular weight excluding hydrogens is 205 g/mol. The Morgan fingerprint density at radius 2 is 2.33 bits per heavy atom. The molecule has 82 valence electrons. The average Bonchev–Trinajstić information content (AvgIpc) is 2.14. The summed E-state index contributed by atoms with van der Waals surface area (Å²) in [6, 6.07) is 3.22. The Balaban J connectivity index is 2.78. The molecule has 1 aromatic rings. The predicted molar refractivity (Wildman–Crippen MR) is 50.2 cm³/mol. The van der Waals surface area contributed by atoms with Gasteiger partial charge in [0, 0.05) is 12.1 Å². The van der Waals surface area contributed by atoms with E-state index in [0.717, 1.165) is 12.1 Å². The Morgan fingerprint density at radius 1 is 1.67 bits per heavy atom. The topological polar surface area (TPSA) is 72.6 Å². The van der Waals surface area contributed by atoms with Crippen molar-refractivity contribution in [3.05, 3.63) is 34.1 Å². The summed E-state index contributed by atoms with van der Waals surface area (Å²) in [4.78, 5) is 9.47. The Kier molecular flexibility index (Phi) is 3.56. The first-order chi connectivity index (χ1) is 7.00. The van der Waals surface area contributed by atoms with Gasteiger partial charge in [-0.15, -0.1) is 0 Å². The zero-order valence-corrected chi connectivity index (χ0v) is 8.01. The van der Waals surface area contributed by atoms with Gasteiger partial charge in [0.1, 0.15) is 12.4 Å². The summed E-state index contributed by atoms with van der Waals surface area (Å²) in [6.07, 6.45) is -0.678. The third-order valence-corrected chi connectivity index (χ3v) is 1.61. The zero-order chi connectivity index (χ0) is 11.4. The van der Waals surface area contributed by atoms with Gasteiger partial charge in [0.05, 0.1) is 11.0 Å². The first-order valence-electron chi connectivity index (χ1n) is 4.25. The minimum atomic E-state index is -0.955. The molecule has 15 heavy (non-hydrogen) atoms. The lowest BCUT2D eigenvalue weighted by Crippen LogP contribution is -2.12. The summed E-state index contributed by atoms with van der Waals surface area (Å²) in [5.41, 5.74) is -0.598. The van der Waals surface area contributed by atoms with Crippen molar-refractivity contribution in [2.75, 3.05) is 6.61 Å².